The summed E-state index contributed by atoms with van der Waals surface area (Å²) in [4.78, 5) is 6.87. The van der Waals surface area contributed by atoms with Gasteiger partial charge in [0.05, 0.1) is 6.04 Å². The number of rotatable bonds is 4. The molecule has 0 saturated carbocycles. The van der Waals surface area contributed by atoms with Crippen molar-refractivity contribution in [2.75, 3.05) is 18.8 Å². The molecule has 1 unspecified atom stereocenters. The third-order valence-corrected chi connectivity index (χ3v) is 3.72. The Morgan fingerprint density at radius 2 is 2.29 bits per heavy atom. The molecule has 2 heterocycles. The molecular formula is C12H23N5. The summed E-state index contributed by atoms with van der Waals surface area (Å²) < 4.78 is 1.66. The van der Waals surface area contributed by atoms with Gasteiger partial charge in [0.25, 0.3) is 0 Å². The Morgan fingerprint density at radius 3 is 2.88 bits per heavy atom. The van der Waals surface area contributed by atoms with Gasteiger partial charge in [-0.1, -0.05) is 20.3 Å². The van der Waals surface area contributed by atoms with Crippen molar-refractivity contribution in [3.05, 3.63) is 5.82 Å². The molecule has 2 N–H and O–H groups in total. The van der Waals surface area contributed by atoms with E-state index in [2.05, 4.69) is 28.8 Å². The molecule has 0 aliphatic carbocycles. The van der Waals surface area contributed by atoms with Crippen LogP contribution in [0.3, 0.4) is 0 Å². The van der Waals surface area contributed by atoms with E-state index in [9.17, 15) is 0 Å². The van der Waals surface area contributed by atoms with Crippen LogP contribution in [0.25, 0.3) is 0 Å². The maximum absolute atomic E-state index is 5.75. The zero-order chi connectivity index (χ0) is 12.4. The molecule has 5 nitrogen and oxygen atoms in total. The van der Waals surface area contributed by atoms with E-state index >= 15 is 0 Å². The van der Waals surface area contributed by atoms with Gasteiger partial charge in [-0.15, -0.1) is 0 Å². The van der Waals surface area contributed by atoms with E-state index < -0.39 is 0 Å². The molecule has 2 rings (SSSR count). The second-order valence-corrected chi connectivity index (χ2v) is 5.12. The quantitative estimate of drug-likeness (QED) is 0.863. The van der Waals surface area contributed by atoms with E-state index in [1.54, 1.807) is 4.68 Å². The SMILES string of the molecule is CCC(C)CN1CCC[C@H]1c1nc(N)n(C)n1. The smallest absolute Gasteiger partial charge is 0.218 e. The standard InChI is InChI=1S/C12H23N5/c1-4-9(2)8-17-7-5-6-10(17)11-14-12(13)16(3)15-11/h9-10H,4-8H2,1-3H3,(H2,13,14,15)/t9?,10-/m0/s1. The fraction of sp³-hybridized carbons (Fsp3) is 0.833. The highest BCUT2D eigenvalue weighted by molar-refractivity contribution is 5.17. The van der Waals surface area contributed by atoms with Crippen LogP contribution in [0.15, 0.2) is 0 Å². The molecule has 1 aromatic heterocycles. The minimum absolute atomic E-state index is 0.368. The van der Waals surface area contributed by atoms with Crippen molar-refractivity contribution in [1.82, 2.24) is 19.7 Å². The minimum atomic E-state index is 0.368. The van der Waals surface area contributed by atoms with Gasteiger partial charge in [-0.2, -0.15) is 10.1 Å². The number of aromatic nitrogens is 3. The summed E-state index contributed by atoms with van der Waals surface area (Å²) in [6.07, 6.45) is 3.61. The second-order valence-electron chi connectivity index (χ2n) is 5.12. The van der Waals surface area contributed by atoms with Gasteiger partial charge in [-0.05, 0) is 25.3 Å². The maximum Gasteiger partial charge on any atom is 0.218 e. The molecule has 0 aromatic carbocycles. The highest BCUT2D eigenvalue weighted by Crippen LogP contribution is 2.31. The van der Waals surface area contributed by atoms with Crippen LogP contribution in [0.2, 0.25) is 0 Å². The highest BCUT2D eigenvalue weighted by Gasteiger charge is 2.29. The third-order valence-electron chi connectivity index (χ3n) is 3.72. The van der Waals surface area contributed by atoms with E-state index in [-0.39, 0.29) is 0 Å². The molecule has 96 valence electrons. The average molecular weight is 237 g/mol. The zero-order valence-electron chi connectivity index (χ0n) is 11.1. The number of nitrogens with zero attached hydrogens (tertiary/aromatic N) is 4. The van der Waals surface area contributed by atoms with Crippen LogP contribution in [0.1, 0.15) is 45.0 Å². The van der Waals surface area contributed by atoms with Crippen molar-refractivity contribution in [2.24, 2.45) is 13.0 Å². The summed E-state index contributed by atoms with van der Waals surface area (Å²) in [5, 5.41) is 4.41. The van der Waals surface area contributed by atoms with Crippen LogP contribution in [0.5, 0.6) is 0 Å². The predicted molar refractivity (Wildman–Crippen MR) is 68.4 cm³/mol. The van der Waals surface area contributed by atoms with Crippen LogP contribution in [0, 0.1) is 5.92 Å². The molecule has 2 atom stereocenters. The van der Waals surface area contributed by atoms with Crippen LogP contribution in [-0.4, -0.2) is 32.8 Å². The van der Waals surface area contributed by atoms with Crippen LogP contribution in [0.4, 0.5) is 5.95 Å². The summed E-state index contributed by atoms with van der Waals surface area (Å²) in [6, 6.07) is 0.368. The van der Waals surface area contributed by atoms with Gasteiger partial charge in [-0.25, -0.2) is 4.68 Å². The molecule has 0 spiro atoms. The first-order valence-corrected chi connectivity index (χ1v) is 6.52. The van der Waals surface area contributed by atoms with Crippen molar-refractivity contribution >= 4 is 5.95 Å². The first-order chi connectivity index (χ1) is 8.11. The summed E-state index contributed by atoms with van der Waals surface area (Å²) in [5.74, 6) is 2.14. The lowest BCUT2D eigenvalue weighted by molar-refractivity contribution is 0.213. The van der Waals surface area contributed by atoms with Gasteiger partial charge in [-0.3, -0.25) is 4.90 Å². The lowest BCUT2D eigenvalue weighted by Gasteiger charge is -2.24. The van der Waals surface area contributed by atoms with E-state index in [1.807, 2.05) is 7.05 Å². The lowest BCUT2D eigenvalue weighted by Crippen LogP contribution is -2.28. The van der Waals surface area contributed by atoms with Gasteiger partial charge in [0, 0.05) is 13.6 Å². The van der Waals surface area contributed by atoms with Crippen molar-refractivity contribution in [3.8, 4) is 0 Å². The Morgan fingerprint density at radius 1 is 1.53 bits per heavy atom. The molecule has 1 aliphatic heterocycles. The number of anilines is 1. The highest BCUT2D eigenvalue weighted by atomic mass is 15.4. The van der Waals surface area contributed by atoms with Crippen molar-refractivity contribution in [1.29, 1.82) is 0 Å². The van der Waals surface area contributed by atoms with E-state index in [4.69, 9.17) is 5.73 Å². The Balaban J connectivity index is 2.08. The molecule has 1 saturated heterocycles. The first-order valence-electron chi connectivity index (χ1n) is 6.52. The van der Waals surface area contributed by atoms with Crippen molar-refractivity contribution in [2.45, 2.75) is 39.2 Å². The monoisotopic (exact) mass is 237 g/mol. The summed E-state index contributed by atoms with van der Waals surface area (Å²) >= 11 is 0. The van der Waals surface area contributed by atoms with Crippen LogP contribution >= 0.6 is 0 Å². The van der Waals surface area contributed by atoms with Gasteiger partial charge in [0.1, 0.15) is 0 Å². The van der Waals surface area contributed by atoms with E-state index in [1.165, 1.54) is 12.8 Å². The van der Waals surface area contributed by atoms with E-state index in [0.717, 1.165) is 31.3 Å². The summed E-state index contributed by atoms with van der Waals surface area (Å²) in [7, 11) is 1.85. The minimum Gasteiger partial charge on any atom is -0.368 e. The normalized spacial score (nSPS) is 23.1. The van der Waals surface area contributed by atoms with Crippen molar-refractivity contribution < 1.29 is 0 Å². The van der Waals surface area contributed by atoms with Gasteiger partial charge < -0.3 is 5.73 Å². The number of nitrogens with two attached hydrogens (primary N) is 1. The van der Waals surface area contributed by atoms with Crippen LogP contribution in [-0.2, 0) is 7.05 Å². The molecule has 17 heavy (non-hydrogen) atoms. The number of likely N-dealkylation sites (tertiary alicyclic amines) is 1. The lowest BCUT2D eigenvalue weighted by atomic mass is 10.1. The maximum atomic E-state index is 5.75. The number of nitrogen functional groups attached to an aromatic ring is 1. The van der Waals surface area contributed by atoms with Crippen molar-refractivity contribution in [3.63, 3.8) is 0 Å². The number of hydrogen-bond donors (Lipinski definition) is 1. The molecular weight excluding hydrogens is 214 g/mol. The number of aryl methyl sites for hydroxylation is 1. The fourth-order valence-electron chi connectivity index (χ4n) is 2.42. The third kappa shape index (κ3) is 2.60. The topological polar surface area (TPSA) is 60.0 Å². The second kappa shape index (κ2) is 5.04. The van der Waals surface area contributed by atoms with E-state index in [0.29, 0.717) is 12.0 Å². The van der Waals surface area contributed by atoms with Crippen LogP contribution < -0.4 is 5.73 Å². The molecule has 1 aromatic rings. The fourth-order valence-corrected chi connectivity index (χ4v) is 2.42. The molecule has 5 heteroatoms. The largest absolute Gasteiger partial charge is 0.368 e. The Labute approximate surface area is 103 Å². The van der Waals surface area contributed by atoms with Gasteiger partial charge in [0.15, 0.2) is 5.82 Å². The van der Waals surface area contributed by atoms with Gasteiger partial charge in [0.2, 0.25) is 5.95 Å². The Bertz CT molecular complexity index is 353. The molecule has 0 radical (unpaired) electrons. The van der Waals surface area contributed by atoms with Gasteiger partial charge >= 0.3 is 0 Å². The Hall–Kier alpha value is -1.10. The first kappa shape index (κ1) is 12.4. The molecule has 0 bridgehead atoms. The number of hydrogen-bond acceptors (Lipinski definition) is 4. The Kier molecular flexibility index (Phi) is 3.66. The molecule has 1 aliphatic rings. The summed E-state index contributed by atoms with van der Waals surface area (Å²) in [5.41, 5.74) is 5.75. The zero-order valence-corrected chi connectivity index (χ0v) is 11.1. The molecule has 1 fully saturated rings. The summed E-state index contributed by atoms with van der Waals surface area (Å²) in [6.45, 7) is 6.84. The predicted octanol–water partition coefficient (Wildman–Crippen LogP) is 1.58. The molecule has 0 amide bonds. The average Bonchev–Trinajstić information content (AvgIpc) is 2.87.